The smallest absolute Gasteiger partial charge is 0.343 e. The molecule has 2 fully saturated rings. The zero-order valence-electron chi connectivity index (χ0n) is 23.0. The van der Waals surface area contributed by atoms with E-state index in [1.807, 2.05) is 6.07 Å². The molecule has 2 N–H and O–H groups in total. The molecule has 4 aromatic rings. The third kappa shape index (κ3) is 4.84. The van der Waals surface area contributed by atoms with Gasteiger partial charge in [-0.2, -0.15) is 18.3 Å². The molecule has 2 aromatic heterocycles. The van der Waals surface area contributed by atoms with Gasteiger partial charge in [0.05, 0.1) is 10.9 Å². The lowest BCUT2D eigenvalue weighted by molar-refractivity contribution is -0.166. The van der Waals surface area contributed by atoms with Crippen molar-refractivity contribution in [3.8, 4) is 0 Å². The SMILES string of the molecule is O=C(CC12C[C@@H]1c1cc(Br)c3n[nH]c(Br)c3c1CN(CC(F)(F)F)C2=O)N1CCC(c2cc3cccc(F)c3[nH]c2=O)CC1. The van der Waals surface area contributed by atoms with Crippen molar-refractivity contribution in [2.24, 2.45) is 5.41 Å². The lowest BCUT2D eigenvalue weighted by atomic mass is 9.88. The van der Waals surface area contributed by atoms with Crippen LogP contribution in [-0.2, 0) is 16.1 Å². The van der Waals surface area contributed by atoms with Crippen LogP contribution in [0.1, 0.15) is 54.2 Å². The Kier molecular flexibility index (Phi) is 6.96. The molecule has 1 saturated carbocycles. The Balaban J connectivity index is 1.14. The van der Waals surface area contributed by atoms with Crippen LogP contribution in [0.25, 0.3) is 21.8 Å². The molecule has 0 spiro atoms. The molecule has 2 atom stereocenters. The maximum Gasteiger partial charge on any atom is 0.406 e. The highest BCUT2D eigenvalue weighted by Crippen LogP contribution is 2.65. The number of hydrogen-bond donors (Lipinski definition) is 2. The molecule has 44 heavy (non-hydrogen) atoms. The summed E-state index contributed by atoms with van der Waals surface area (Å²) in [6.07, 6.45) is -3.57. The molecule has 0 bridgehead atoms. The lowest BCUT2D eigenvalue weighted by Gasteiger charge is -2.33. The van der Waals surface area contributed by atoms with Crippen LogP contribution in [0.3, 0.4) is 0 Å². The van der Waals surface area contributed by atoms with Gasteiger partial charge >= 0.3 is 6.18 Å². The number of benzene rings is 2. The lowest BCUT2D eigenvalue weighted by Crippen LogP contribution is -2.45. The third-order valence-electron chi connectivity index (χ3n) is 9.38. The Hall–Kier alpha value is -3.26. The van der Waals surface area contributed by atoms with Crippen molar-refractivity contribution >= 4 is 65.5 Å². The largest absolute Gasteiger partial charge is 0.406 e. The molecule has 2 aromatic carbocycles. The molecule has 3 aliphatic rings. The van der Waals surface area contributed by atoms with Crippen LogP contribution in [0.2, 0.25) is 0 Å². The number of likely N-dealkylation sites (tertiary alicyclic amines) is 1. The summed E-state index contributed by atoms with van der Waals surface area (Å²) in [5.41, 5.74) is 0.892. The third-order valence-corrected chi connectivity index (χ3v) is 10.6. The van der Waals surface area contributed by atoms with Crippen molar-refractivity contribution in [1.82, 2.24) is 25.0 Å². The number of aromatic amines is 2. The minimum Gasteiger partial charge on any atom is -0.343 e. The van der Waals surface area contributed by atoms with Gasteiger partial charge in [-0.1, -0.05) is 12.1 Å². The number of para-hydroxylation sites is 1. The summed E-state index contributed by atoms with van der Waals surface area (Å²) in [5.74, 6) is -2.04. The predicted octanol–water partition coefficient (Wildman–Crippen LogP) is 6.24. The summed E-state index contributed by atoms with van der Waals surface area (Å²) in [6, 6.07) is 8.08. The number of amides is 2. The van der Waals surface area contributed by atoms with Gasteiger partial charge in [-0.05, 0) is 86.4 Å². The van der Waals surface area contributed by atoms with E-state index in [-0.39, 0.29) is 42.3 Å². The molecule has 230 valence electrons. The average Bonchev–Trinajstić information content (AvgIpc) is 3.57. The fraction of sp³-hybridized carbons (Fsp3) is 0.400. The average molecular weight is 739 g/mol. The van der Waals surface area contributed by atoms with Crippen molar-refractivity contribution < 1.29 is 27.2 Å². The number of H-pyrrole nitrogens is 2. The molecule has 1 saturated heterocycles. The molecule has 8 nitrogen and oxygen atoms in total. The molecule has 2 amide bonds. The first-order chi connectivity index (χ1) is 20.9. The van der Waals surface area contributed by atoms with Gasteiger partial charge in [0, 0.05) is 52.8 Å². The Morgan fingerprint density at radius 1 is 1.11 bits per heavy atom. The van der Waals surface area contributed by atoms with E-state index in [9.17, 15) is 31.9 Å². The van der Waals surface area contributed by atoms with Crippen molar-refractivity contribution in [3.63, 3.8) is 0 Å². The van der Waals surface area contributed by atoms with Crippen LogP contribution < -0.4 is 5.56 Å². The van der Waals surface area contributed by atoms with E-state index in [0.29, 0.717) is 62.4 Å². The van der Waals surface area contributed by atoms with Gasteiger partial charge in [0.25, 0.3) is 5.56 Å². The monoisotopic (exact) mass is 737 g/mol. The number of carbonyl (C=O) groups is 2. The molecule has 7 rings (SSSR count). The van der Waals surface area contributed by atoms with Gasteiger partial charge in [0.15, 0.2) is 0 Å². The first-order valence-electron chi connectivity index (χ1n) is 14.2. The summed E-state index contributed by atoms with van der Waals surface area (Å²) >= 11 is 6.94. The number of carbonyl (C=O) groups excluding carboxylic acids is 2. The first kappa shape index (κ1) is 29.5. The van der Waals surface area contributed by atoms with E-state index >= 15 is 0 Å². The van der Waals surface area contributed by atoms with E-state index in [1.165, 1.54) is 6.07 Å². The summed E-state index contributed by atoms with van der Waals surface area (Å²) in [5, 5.41) is 8.26. The predicted molar refractivity (Wildman–Crippen MR) is 160 cm³/mol. The van der Waals surface area contributed by atoms with Crippen molar-refractivity contribution in [2.75, 3.05) is 19.6 Å². The Labute approximate surface area is 264 Å². The van der Waals surface area contributed by atoms with Crippen molar-refractivity contribution in [3.05, 3.63) is 72.3 Å². The minimum atomic E-state index is -4.62. The van der Waals surface area contributed by atoms with Crippen LogP contribution in [-0.4, -0.2) is 62.6 Å². The number of fused-ring (bicyclic) bond motifs is 6. The maximum atomic E-state index is 14.1. The van der Waals surface area contributed by atoms with E-state index in [2.05, 4.69) is 47.0 Å². The van der Waals surface area contributed by atoms with Gasteiger partial charge in [-0.15, -0.1) is 0 Å². The zero-order valence-corrected chi connectivity index (χ0v) is 26.2. The van der Waals surface area contributed by atoms with Gasteiger partial charge in [-0.3, -0.25) is 19.5 Å². The zero-order chi connectivity index (χ0) is 31.1. The summed E-state index contributed by atoms with van der Waals surface area (Å²) in [6.45, 7) is -1.01. The van der Waals surface area contributed by atoms with Gasteiger partial charge in [0.1, 0.15) is 22.5 Å². The Morgan fingerprint density at radius 3 is 2.59 bits per heavy atom. The normalized spacial score (nSPS) is 22.3. The van der Waals surface area contributed by atoms with Crippen LogP contribution >= 0.6 is 31.9 Å². The van der Waals surface area contributed by atoms with Crippen LogP contribution in [0.15, 0.2) is 44.2 Å². The van der Waals surface area contributed by atoms with E-state index < -0.39 is 35.8 Å². The molecule has 2 aliphatic heterocycles. The summed E-state index contributed by atoms with van der Waals surface area (Å²) < 4.78 is 56.4. The van der Waals surface area contributed by atoms with Crippen molar-refractivity contribution in [1.29, 1.82) is 0 Å². The molecular weight excluding hydrogens is 714 g/mol. The van der Waals surface area contributed by atoms with Crippen LogP contribution in [0.4, 0.5) is 17.6 Å². The number of rotatable bonds is 4. The minimum absolute atomic E-state index is 0.147. The molecule has 1 unspecified atom stereocenters. The second-order valence-corrected chi connectivity index (χ2v) is 13.6. The number of nitrogens with one attached hydrogen (secondary N) is 2. The quantitative estimate of drug-likeness (QED) is 0.242. The molecule has 14 heteroatoms. The Bertz CT molecular complexity index is 1920. The highest BCUT2D eigenvalue weighted by Gasteiger charge is 2.65. The standard InChI is InChI=1S/C30H25Br2F4N5O3/c31-20-9-17-18(23-25(20)38-39-26(23)32)12-41(13-30(34,35)36)28(44)29(10-19(17)29)11-22(42)40-6-4-14(5-7-40)16-8-15-2-1-3-21(33)24(15)37-27(16)43/h1-3,8-9,14,19H,4-7,10-13H2,(H,37,43)(H,38,39)/t19-,29?/m1/s1. The Morgan fingerprint density at radius 2 is 1.86 bits per heavy atom. The number of hydrogen-bond acceptors (Lipinski definition) is 4. The molecule has 0 radical (unpaired) electrons. The second kappa shape index (κ2) is 10.4. The van der Waals surface area contributed by atoms with Gasteiger partial charge in [-0.25, -0.2) is 4.39 Å². The number of pyridine rings is 1. The van der Waals surface area contributed by atoms with Crippen LogP contribution in [0.5, 0.6) is 0 Å². The fourth-order valence-corrected chi connectivity index (χ4v) is 8.21. The van der Waals surface area contributed by atoms with Crippen LogP contribution in [0, 0.1) is 11.2 Å². The molecule has 1 aliphatic carbocycles. The van der Waals surface area contributed by atoms with E-state index in [4.69, 9.17) is 0 Å². The molecule has 4 heterocycles. The topological polar surface area (TPSA) is 102 Å². The van der Waals surface area contributed by atoms with E-state index in [1.54, 1.807) is 23.1 Å². The number of piperidine rings is 1. The highest BCUT2D eigenvalue weighted by molar-refractivity contribution is 9.11. The number of alkyl halides is 3. The summed E-state index contributed by atoms with van der Waals surface area (Å²) in [7, 11) is 0. The number of aromatic nitrogens is 3. The number of nitrogens with zero attached hydrogens (tertiary/aromatic N) is 3. The maximum absolute atomic E-state index is 14.1. The van der Waals surface area contributed by atoms with E-state index in [0.717, 1.165) is 10.5 Å². The summed E-state index contributed by atoms with van der Waals surface area (Å²) in [4.78, 5) is 45.4. The second-order valence-electron chi connectivity index (χ2n) is 12.0. The first-order valence-corrected chi connectivity index (χ1v) is 15.7. The highest BCUT2D eigenvalue weighted by atomic mass is 79.9. The molecular formula is C30H25Br2F4N5O3. The fourth-order valence-electron chi connectivity index (χ4n) is 7.17. The van der Waals surface area contributed by atoms with Gasteiger partial charge < -0.3 is 14.8 Å². The number of halogens is 6. The van der Waals surface area contributed by atoms with Crippen molar-refractivity contribution in [2.45, 2.75) is 50.2 Å². The van der Waals surface area contributed by atoms with Gasteiger partial charge in [0.2, 0.25) is 11.8 Å².